The van der Waals surface area contributed by atoms with Gasteiger partial charge in [-0.3, -0.25) is 0 Å². The molecule has 0 aromatic carbocycles. The van der Waals surface area contributed by atoms with E-state index in [1.807, 2.05) is 11.8 Å². The first-order chi connectivity index (χ1) is 3.29. The monoisotopic (exact) mass is 178 g/mol. The van der Waals surface area contributed by atoms with Crippen molar-refractivity contribution in [2.75, 3.05) is 5.75 Å². The van der Waals surface area contributed by atoms with Gasteiger partial charge in [-0.15, -0.1) is 11.8 Å². The van der Waals surface area contributed by atoms with Crippen LogP contribution in [0.3, 0.4) is 0 Å². The Morgan fingerprint density at radius 3 is 2.86 bits per heavy atom. The maximum absolute atomic E-state index is 3.48. The maximum atomic E-state index is 3.48. The molecular weight excluding hydrogens is 172 g/mol. The van der Waals surface area contributed by atoms with Crippen LogP contribution in [0.1, 0.15) is 6.92 Å². The first-order valence-corrected chi connectivity index (χ1v) is 4.14. The van der Waals surface area contributed by atoms with Gasteiger partial charge in [0, 0.05) is 10.6 Å². The third-order valence-electron chi connectivity index (χ3n) is 0.886. The van der Waals surface area contributed by atoms with E-state index in [0.29, 0.717) is 4.83 Å². The summed E-state index contributed by atoms with van der Waals surface area (Å²) in [4.78, 5) is 2.08. The second-order valence-corrected chi connectivity index (χ2v) is 4.05. The number of hydrogen-bond acceptors (Lipinski definition) is 1. The van der Waals surface area contributed by atoms with Crippen LogP contribution in [0, 0.1) is 0 Å². The number of halogens is 1. The van der Waals surface area contributed by atoms with Crippen molar-refractivity contribution in [1.29, 1.82) is 0 Å². The van der Waals surface area contributed by atoms with Gasteiger partial charge in [0.1, 0.15) is 0 Å². The summed E-state index contributed by atoms with van der Waals surface area (Å²) in [6.45, 7) is 2.14. The molecule has 0 radical (unpaired) electrons. The van der Waals surface area contributed by atoms with Crippen LogP contribution in [-0.2, 0) is 0 Å². The van der Waals surface area contributed by atoms with Gasteiger partial charge in [-0.05, 0) is 11.8 Å². The minimum absolute atomic E-state index is 0.637. The van der Waals surface area contributed by atoms with Gasteiger partial charge in [0.15, 0.2) is 0 Å². The van der Waals surface area contributed by atoms with E-state index in [1.165, 1.54) is 10.7 Å². The Bertz CT molecular complexity index is 98.3. The molecule has 40 valence electrons. The summed E-state index contributed by atoms with van der Waals surface area (Å²) < 4.78 is 0. The zero-order chi connectivity index (χ0) is 5.28. The highest BCUT2D eigenvalue weighted by Crippen LogP contribution is 2.27. The van der Waals surface area contributed by atoms with E-state index in [0.717, 1.165) is 0 Å². The Labute approximate surface area is 56.5 Å². The second kappa shape index (κ2) is 2.23. The molecule has 0 aromatic rings. The molecule has 0 N–H and O–H groups in total. The Hall–Kier alpha value is 0.570. The number of alkyl halides is 1. The molecular formula is C5H7BrS. The Balaban J connectivity index is 2.50. The Morgan fingerprint density at radius 2 is 2.71 bits per heavy atom. The molecule has 2 heteroatoms. The lowest BCUT2D eigenvalue weighted by Crippen LogP contribution is -1.86. The summed E-state index contributed by atoms with van der Waals surface area (Å²) in [5.41, 5.74) is 0. The topological polar surface area (TPSA) is 0 Å². The highest BCUT2D eigenvalue weighted by Gasteiger charge is 2.07. The molecule has 0 aromatic heterocycles. The van der Waals surface area contributed by atoms with E-state index in [4.69, 9.17) is 0 Å². The average molecular weight is 179 g/mol. The van der Waals surface area contributed by atoms with Crippen LogP contribution in [0.4, 0.5) is 0 Å². The minimum Gasteiger partial charge on any atom is -0.130 e. The maximum Gasteiger partial charge on any atom is 0.0429 e. The van der Waals surface area contributed by atoms with Crippen LogP contribution in [0.5, 0.6) is 0 Å². The summed E-state index contributed by atoms with van der Waals surface area (Å²) in [6, 6.07) is 0. The molecule has 0 amide bonds. The number of allylic oxidation sites excluding steroid dienone is 2. The molecule has 1 heterocycles. The lowest BCUT2D eigenvalue weighted by atomic mass is 10.4. The van der Waals surface area contributed by atoms with E-state index >= 15 is 0 Å². The molecule has 0 saturated carbocycles. The van der Waals surface area contributed by atoms with E-state index in [2.05, 4.69) is 28.9 Å². The fourth-order valence-corrected chi connectivity index (χ4v) is 2.31. The van der Waals surface area contributed by atoms with E-state index in [9.17, 15) is 0 Å². The van der Waals surface area contributed by atoms with Crippen molar-refractivity contribution in [1.82, 2.24) is 0 Å². The molecule has 0 nitrogen and oxygen atoms in total. The zero-order valence-electron chi connectivity index (χ0n) is 4.15. The van der Waals surface area contributed by atoms with Crippen molar-refractivity contribution in [2.24, 2.45) is 0 Å². The third-order valence-corrected chi connectivity index (χ3v) is 3.02. The van der Waals surface area contributed by atoms with Crippen LogP contribution < -0.4 is 0 Å². The van der Waals surface area contributed by atoms with E-state index in [1.54, 1.807) is 0 Å². The molecule has 0 fully saturated rings. The lowest BCUT2D eigenvalue weighted by Gasteiger charge is -1.86. The van der Waals surface area contributed by atoms with Gasteiger partial charge in [0.25, 0.3) is 0 Å². The number of rotatable bonds is 0. The van der Waals surface area contributed by atoms with Gasteiger partial charge < -0.3 is 0 Å². The van der Waals surface area contributed by atoms with E-state index in [-0.39, 0.29) is 0 Å². The molecule has 0 unspecified atom stereocenters. The molecule has 1 atom stereocenters. The summed E-state index contributed by atoms with van der Waals surface area (Å²) >= 11 is 5.40. The van der Waals surface area contributed by atoms with Gasteiger partial charge in [0.2, 0.25) is 0 Å². The van der Waals surface area contributed by atoms with Crippen LogP contribution in [0.25, 0.3) is 0 Å². The molecule has 0 spiro atoms. The first kappa shape index (κ1) is 5.70. The fourth-order valence-electron chi connectivity index (χ4n) is 0.562. The summed E-state index contributed by atoms with van der Waals surface area (Å²) in [5.74, 6) is 1.21. The molecule has 7 heavy (non-hydrogen) atoms. The Morgan fingerprint density at radius 1 is 2.00 bits per heavy atom. The normalized spacial score (nSPS) is 30.6. The van der Waals surface area contributed by atoms with Gasteiger partial charge >= 0.3 is 0 Å². The molecule has 1 aliphatic heterocycles. The highest BCUT2D eigenvalue weighted by atomic mass is 79.9. The molecule has 1 aliphatic rings. The fraction of sp³-hybridized carbons (Fsp3) is 0.600. The van der Waals surface area contributed by atoms with Crippen LogP contribution in [0.15, 0.2) is 11.0 Å². The van der Waals surface area contributed by atoms with Crippen molar-refractivity contribution in [2.45, 2.75) is 11.8 Å². The summed E-state index contributed by atoms with van der Waals surface area (Å²) in [5, 5.41) is 0. The van der Waals surface area contributed by atoms with Gasteiger partial charge in [-0.2, -0.15) is 0 Å². The molecule has 0 saturated heterocycles. The van der Waals surface area contributed by atoms with Crippen molar-refractivity contribution >= 4 is 27.7 Å². The van der Waals surface area contributed by atoms with Crippen molar-refractivity contribution in [3.63, 3.8) is 0 Å². The van der Waals surface area contributed by atoms with Gasteiger partial charge in [-0.25, -0.2) is 0 Å². The molecule has 1 rings (SSSR count). The molecule has 0 bridgehead atoms. The van der Waals surface area contributed by atoms with Crippen molar-refractivity contribution in [3.05, 3.63) is 11.0 Å². The largest absolute Gasteiger partial charge is 0.130 e. The van der Waals surface area contributed by atoms with Crippen molar-refractivity contribution < 1.29 is 0 Å². The smallest absolute Gasteiger partial charge is 0.0429 e. The van der Waals surface area contributed by atoms with Gasteiger partial charge in [-0.1, -0.05) is 22.0 Å². The number of thioether (sulfide) groups is 1. The second-order valence-electron chi connectivity index (χ2n) is 1.60. The summed E-state index contributed by atoms with van der Waals surface area (Å²) in [7, 11) is 0. The van der Waals surface area contributed by atoms with Crippen LogP contribution in [0.2, 0.25) is 0 Å². The van der Waals surface area contributed by atoms with Crippen LogP contribution >= 0.6 is 27.7 Å². The van der Waals surface area contributed by atoms with Crippen molar-refractivity contribution in [3.8, 4) is 0 Å². The van der Waals surface area contributed by atoms with Crippen LogP contribution in [-0.4, -0.2) is 10.6 Å². The molecule has 0 aliphatic carbocycles. The predicted molar refractivity (Wildman–Crippen MR) is 38.9 cm³/mol. The average Bonchev–Trinajstić information content (AvgIpc) is 1.87. The van der Waals surface area contributed by atoms with E-state index < -0.39 is 0 Å². The zero-order valence-corrected chi connectivity index (χ0v) is 6.55. The predicted octanol–water partition coefficient (Wildman–Crippen LogP) is 2.40. The number of hydrogen-bond donors (Lipinski definition) is 0. The first-order valence-electron chi connectivity index (χ1n) is 2.24. The third kappa shape index (κ3) is 1.50. The Kier molecular flexibility index (Phi) is 1.81. The van der Waals surface area contributed by atoms with Gasteiger partial charge in [0.05, 0.1) is 0 Å². The standard InChI is InChI=1S/C5H7BrS/c1-4-2-5(6)3-7-4/h2,5H,3H2,1H3/t5-/m1/s1. The minimum atomic E-state index is 0.637. The highest BCUT2D eigenvalue weighted by molar-refractivity contribution is 9.09. The lowest BCUT2D eigenvalue weighted by molar-refractivity contribution is 1.32. The SMILES string of the molecule is CC1=C[C@@H](Br)CS1. The quantitative estimate of drug-likeness (QED) is 0.514. The summed E-state index contributed by atoms with van der Waals surface area (Å²) in [6.07, 6.45) is 2.24.